The first-order valence-electron chi connectivity index (χ1n) is 4.59. The minimum atomic E-state index is -0.292. The van der Waals surface area contributed by atoms with Crippen molar-refractivity contribution >= 4 is 0 Å². The molecule has 0 aliphatic rings. The number of pyridine rings is 1. The third-order valence-corrected chi connectivity index (χ3v) is 2.18. The molecule has 2 rings (SSSR count). The molecule has 1 aromatic carbocycles. The summed E-state index contributed by atoms with van der Waals surface area (Å²) >= 11 is 0. The zero-order valence-electron chi connectivity index (χ0n) is 8.24. The molecule has 2 nitrogen and oxygen atoms in total. The molecule has 76 valence electrons. The summed E-state index contributed by atoms with van der Waals surface area (Å²) in [5, 5.41) is 9.31. The Morgan fingerprint density at radius 1 is 1.20 bits per heavy atom. The Bertz CT molecular complexity index is 497. The molecule has 0 aliphatic carbocycles. The van der Waals surface area contributed by atoms with E-state index in [-0.39, 0.29) is 11.6 Å². The average molecular weight is 203 g/mol. The van der Waals surface area contributed by atoms with Crippen molar-refractivity contribution in [3.8, 4) is 17.0 Å². The van der Waals surface area contributed by atoms with Gasteiger partial charge in [0.15, 0.2) is 0 Å². The highest BCUT2D eigenvalue weighted by molar-refractivity contribution is 5.60. The van der Waals surface area contributed by atoms with Gasteiger partial charge in [0.25, 0.3) is 0 Å². The molecule has 0 unspecified atom stereocenters. The molecule has 3 heteroatoms. The first-order valence-corrected chi connectivity index (χ1v) is 4.59. The van der Waals surface area contributed by atoms with Crippen LogP contribution < -0.4 is 0 Å². The smallest absolute Gasteiger partial charge is 0.136 e. The van der Waals surface area contributed by atoms with Crippen molar-refractivity contribution < 1.29 is 9.50 Å². The molecule has 1 heterocycles. The quantitative estimate of drug-likeness (QED) is 0.773. The van der Waals surface area contributed by atoms with Crippen molar-refractivity contribution in [2.75, 3.05) is 0 Å². The van der Waals surface area contributed by atoms with Gasteiger partial charge >= 0.3 is 0 Å². The number of aromatic hydroxyl groups is 1. The van der Waals surface area contributed by atoms with E-state index >= 15 is 0 Å². The summed E-state index contributed by atoms with van der Waals surface area (Å²) in [5.74, 6) is -0.143. The third kappa shape index (κ3) is 1.96. The van der Waals surface area contributed by atoms with Crippen LogP contribution in [0.3, 0.4) is 0 Å². The van der Waals surface area contributed by atoms with Crippen molar-refractivity contribution in [3.05, 3.63) is 47.9 Å². The SMILES string of the molecule is Cc1nc(-c2cccc(F)c2)ccc1O. The number of hydrogen-bond donors (Lipinski definition) is 1. The van der Waals surface area contributed by atoms with Gasteiger partial charge in [0.1, 0.15) is 11.6 Å². The van der Waals surface area contributed by atoms with Gasteiger partial charge in [-0.25, -0.2) is 9.37 Å². The molecular weight excluding hydrogens is 193 g/mol. The van der Waals surface area contributed by atoms with Crippen molar-refractivity contribution in [2.24, 2.45) is 0 Å². The normalized spacial score (nSPS) is 10.3. The lowest BCUT2D eigenvalue weighted by Gasteiger charge is -2.03. The van der Waals surface area contributed by atoms with E-state index in [9.17, 15) is 9.50 Å². The maximum atomic E-state index is 13.0. The highest BCUT2D eigenvalue weighted by Gasteiger charge is 2.03. The Morgan fingerprint density at radius 2 is 2.00 bits per heavy atom. The second-order valence-electron chi connectivity index (χ2n) is 3.31. The van der Waals surface area contributed by atoms with Crippen LogP contribution in [0.15, 0.2) is 36.4 Å². The predicted molar refractivity (Wildman–Crippen MR) is 56.0 cm³/mol. The Hall–Kier alpha value is -1.90. The predicted octanol–water partition coefficient (Wildman–Crippen LogP) is 2.90. The number of hydrogen-bond acceptors (Lipinski definition) is 2. The Kier molecular flexibility index (Phi) is 2.37. The van der Waals surface area contributed by atoms with Gasteiger partial charge in [0, 0.05) is 5.56 Å². The molecule has 0 saturated heterocycles. The van der Waals surface area contributed by atoms with Crippen molar-refractivity contribution in [1.29, 1.82) is 0 Å². The molecule has 2 aromatic rings. The molecule has 0 amide bonds. The van der Waals surface area contributed by atoms with E-state index in [0.717, 1.165) is 0 Å². The van der Waals surface area contributed by atoms with Crippen LogP contribution in [0, 0.1) is 12.7 Å². The maximum absolute atomic E-state index is 13.0. The van der Waals surface area contributed by atoms with Crippen molar-refractivity contribution in [3.63, 3.8) is 0 Å². The average Bonchev–Trinajstić information content (AvgIpc) is 2.22. The first kappa shape index (κ1) is 9.65. The fourth-order valence-corrected chi connectivity index (χ4v) is 1.36. The van der Waals surface area contributed by atoms with Crippen LogP contribution in [-0.2, 0) is 0 Å². The van der Waals surface area contributed by atoms with Crippen molar-refractivity contribution in [2.45, 2.75) is 6.92 Å². The Labute approximate surface area is 87.0 Å². The zero-order valence-corrected chi connectivity index (χ0v) is 8.24. The summed E-state index contributed by atoms with van der Waals surface area (Å²) in [6, 6.07) is 9.44. The fourth-order valence-electron chi connectivity index (χ4n) is 1.36. The maximum Gasteiger partial charge on any atom is 0.136 e. The number of aromatic nitrogens is 1. The zero-order chi connectivity index (χ0) is 10.8. The molecule has 0 bridgehead atoms. The van der Waals surface area contributed by atoms with Crippen LogP contribution in [0.5, 0.6) is 5.75 Å². The molecule has 0 atom stereocenters. The second kappa shape index (κ2) is 3.69. The minimum Gasteiger partial charge on any atom is -0.506 e. The summed E-state index contributed by atoms with van der Waals surface area (Å²) < 4.78 is 13.0. The molecular formula is C12H10FNO. The minimum absolute atomic E-state index is 0.148. The number of halogens is 1. The monoisotopic (exact) mass is 203 g/mol. The van der Waals surface area contributed by atoms with Crippen molar-refractivity contribution in [1.82, 2.24) is 4.98 Å². The van der Waals surface area contributed by atoms with Gasteiger partial charge in [0.05, 0.1) is 11.4 Å². The fraction of sp³-hybridized carbons (Fsp3) is 0.0833. The van der Waals surface area contributed by atoms with Crippen LogP contribution in [0.25, 0.3) is 11.3 Å². The van der Waals surface area contributed by atoms with Gasteiger partial charge in [0.2, 0.25) is 0 Å². The molecule has 0 spiro atoms. The largest absolute Gasteiger partial charge is 0.506 e. The molecule has 0 fully saturated rings. The van der Waals surface area contributed by atoms with Crippen LogP contribution in [0.4, 0.5) is 4.39 Å². The van der Waals surface area contributed by atoms with Crippen LogP contribution in [-0.4, -0.2) is 10.1 Å². The van der Waals surface area contributed by atoms with Crippen LogP contribution >= 0.6 is 0 Å². The molecule has 0 radical (unpaired) electrons. The van der Waals surface area contributed by atoms with E-state index in [1.165, 1.54) is 12.1 Å². The number of benzene rings is 1. The summed E-state index contributed by atoms with van der Waals surface area (Å²) in [6.07, 6.45) is 0. The third-order valence-electron chi connectivity index (χ3n) is 2.18. The van der Waals surface area contributed by atoms with E-state index in [1.807, 2.05) is 0 Å². The lowest BCUT2D eigenvalue weighted by atomic mass is 10.1. The summed E-state index contributed by atoms with van der Waals surface area (Å²) in [5.41, 5.74) is 1.90. The highest BCUT2D eigenvalue weighted by atomic mass is 19.1. The molecule has 15 heavy (non-hydrogen) atoms. The van der Waals surface area contributed by atoms with Crippen LogP contribution in [0.2, 0.25) is 0 Å². The van der Waals surface area contributed by atoms with Gasteiger partial charge in [-0.3, -0.25) is 0 Å². The van der Waals surface area contributed by atoms with Gasteiger partial charge in [-0.2, -0.15) is 0 Å². The van der Waals surface area contributed by atoms with E-state index in [4.69, 9.17) is 0 Å². The molecule has 0 saturated carbocycles. The molecule has 0 aliphatic heterocycles. The van der Waals surface area contributed by atoms with E-state index < -0.39 is 0 Å². The second-order valence-corrected chi connectivity index (χ2v) is 3.31. The van der Waals surface area contributed by atoms with Gasteiger partial charge in [-0.1, -0.05) is 12.1 Å². The molecule has 1 aromatic heterocycles. The summed E-state index contributed by atoms with van der Waals surface area (Å²) in [7, 11) is 0. The first-order chi connectivity index (χ1) is 7.16. The number of aryl methyl sites for hydroxylation is 1. The number of rotatable bonds is 1. The van der Waals surface area contributed by atoms with Gasteiger partial charge in [-0.15, -0.1) is 0 Å². The summed E-state index contributed by atoms with van der Waals surface area (Å²) in [6.45, 7) is 1.71. The van der Waals surface area contributed by atoms with Crippen LogP contribution in [0.1, 0.15) is 5.69 Å². The highest BCUT2D eigenvalue weighted by Crippen LogP contribution is 2.22. The standard InChI is InChI=1S/C12H10FNO/c1-8-12(15)6-5-11(14-8)9-3-2-4-10(13)7-9/h2-7,15H,1H3. The number of nitrogens with zero attached hydrogens (tertiary/aromatic N) is 1. The topological polar surface area (TPSA) is 33.1 Å². The lowest BCUT2D eigenvalue weighted by Crippen LogP contribution is -1.87. The van der Waals surface area contributed by atoms with E-state index in [0.29, 0.717) is 17.0 Å². The Balaban J connectivity index is 2.50. The van der Waals surface area contributed by atoms with Gasteiger partial charge < -0.3 is 5.11 Å². The van der Waals surface area contributed by atoms with E-state index in [1.54, 1.807) is 31.2 Å². The lowest BCUT2D eigenvalue weighted by molar-refractivity contribution is 0.468. The summed E-state index contributed by atoms with van der Waals surface area (Å²) in [4.78, 5) is 4.17. The molecule has 1 N–H and O–H groups in total. The van der Waals surface area contributed by atoms with Gasteiger partial charge in [-0.05, 0) is 31.2 Å². The Morgan fingerprint density at radius 3 is 2.67 bits per heavy atom. The van der Waals surface area contributed by atoms with E-state index in [2.05, 4.69) is 4.98 Å².